The number of hydrogen-bond donors (Lipinski definition) is 2. The summed E-state index contributed by atoms with van der Waals surface area (Å²) in [6.07, 6.45) is 11.1. The first-order valence-electron chi connectivity index (χ1n) is 10.2. The van der Waals surface area contributed by atoms with Gasteiger partial charge in [0.1, 0.15) is 4.88 Å². The molecule has 0 aliphatic carbocycles. The average Bonchev–Trinajstić information content (AvgIpc) is 3.33. The van der Waals surface area contributed by atoms with Gasteiger partial charge < -0.3 is 20.1 Å². The fourth-order valence-electron chi connectivity index (χ4n) is 3.45. The van der Waals surface area contributed by atoms with Crippen LogP contribution in [-0.2, 0) is 12.8 Å². The quantitative estimate of drug-likeness (QED) is 0.621. The molecule has 0 saturated carbocycles. The van der Waals surface area contributed by atoms with Gasteiger partial charge in [0.05, 0.1) is 11.2 Å². The van der Waals surface area contributed by atoms with E-state index in [4.69, 9.17) is 0 Å². The van der Waals surface area contributed by atoms with Crippen LogP contribution in [0, 0.1) is 6.92 Å². The molecule has 0 atom stereocenters. The second kappa shape index (κ2) is 10.5. The van der Waals surface area contributed by atoms with Crippen molar-refractivity contribution >= 4 is 23.3 Å². The van der Waals surface area contributed by atoms with Crippen molar-refractivity contribution in [2.75, 3.05) is 46.3 Å². The molecule has 6 nitrogen and oxygen atoms in total. The number of amides is 1. The molecule has 1 amide bonds. The summed E-state index contributed by atoms with van der Waals surface area (Å²) in [7, 11) is 2.17. The molecule has 2 N–H and O–H groups in total. The normalized spacial score (nSPS) is 15.8. The Balaban J connectivity index is 1.45. The highest BCUT2D eigenvalue weighted by atomic mass is 32.1. The van der Waals surface area contributed by atoms with Crippen LogP contribution >= 0.6 is 11.3 Å². The van der Waals surface area contributed by atoms with Gasteiger partial charge in [-0.05, 0) is 31.5 Å². The number of piperazine rings is 1. The molecule has 1 aliphatic heterocycles. The van der Waals surface area contributed by atoms with Crippen molar-refractivity contribution in [3.05, 3.63) is 57.8 Å². The molecule has 0 aromatic carbocycles. The minimum absolute atomic E-state index is 0.0382. The molecule has 7 heteroatoms. The first-order chi connectivity index (χ1) is 14.1. The predicted molar refractivity (Wildman–Crippen MR) is 121 cm³/mol. The average molecular weight is 414 g/mol. The lowest BCUT2D eigenvalue weighted by atomic mass is 10.1. The van der Waals surface area contributed by atoms with Gasteiger partial charge in [0.15, 0.2) is 0 Å². The maximum absolute atomic E-state index is 12.5. The lowest BCUT2D eigenvalue weighted by Gasteiger charge is -2.32. The summed E-state index contributed by atoms with van der Waals surface area (Å²) in [4.78, 5) is 25.7. The molecule has 2 aromatic rings. The van der Waals surface area contributed by atoms with Crippen molar-refractivity contribution in [3.8, 4) is 0 Å². The number of carbonyl (C=O) groups excluding carboxylic acids is 1. The van der Waals surface area contributed by atoms with E-state index in [0.717, 1.165) is 56.3 Å². The van der Waals surface area contributed by atoms with E-state index in [9.17, 15) is 4.79 Å². The van der Waals surface area contributed by atoms with Crippen LogP contribution in [0.25, 0.3) is 6.08 Å². The number of likely N-dealkylation sites (N-methyl/N-ethyl adjacent to an activating group) is 1. The van der Waals surface area contributed by atoms with Gasteiger partial charge in [0.25, 0.3) is 5.91 Å². The number of hydrogen-bond acceptors (Lipinski definition) is 5. The molecule has 0 unspecified atom stereocenters. The lowest BCUT2D eigenvalue weighted by molar-refractivity contribution is 0.0958. The zero-order valence-corrected chi connectivity index (χ0v) is 18.2. The second-order valence-electron chi connectivity index (χ2n) is 7.47. The molecule has 0 spiro atoms. The van der Waals surface area contributed by atoms with Gasteiger partial charge in [0, 0.05) is 57.6 Å². The molecular weight excluding hydrogens is 382 g/mol. The van der Waals surface area contributed by atoms with Crippen LogP contribution in [0.4, 0.5) is 0 Å². The number of aromatic nitrogens is 2. The third kappa shape index (κ3) is 6.13. The highest BCUT2D eigenvalue weighted by Crippen LogP contribution is 2.17. The zero-order valence-electron chi connectivity index (χ0n) is 17.4. The molecule has 0 radical (unpaired) electrons. The van der Waals surface area contributed by atoms with Crippen LogP contribution in [0.2, 0.25) is 0 Å². The summed E-state index contributed by atoms with van der Waals surface area (Å²) in [5.41, 5.74) is 3.48. The summed E-state index contributed by atoms with van der Waals surface area (Å²) in [6, 6.07) is 0. The standard InChI is InChI=1S/C22H31N5OS/c1-4-5-6-19-17(2)24-15-18(19)7-9-23-22(28)20-16-25-21(29-20)8-10-27-13-11-26(3)12-14-27/h4-6,15-16,24H,1,7-14H2,2-3H3,(H,23,28)/b6-5-. The number of allylic oxidation sites excluding steroid dienone is 2. The summed E-state index contributed by atoms with van der Waals surface area (Å²) in [6.45, 7) is 11.8. The first kappa shape index (κ1) is 21.5. The molecule has 1 aliphatic rings. The topological polar surface area (TPSA) is 64.3 Å². The van der Waals surface area contributed by atoms with Gasteiger partial charge in [-0.25, -0.2) is 4.98 Å². The maximum Gasteiger partial charge on any atom is 0.263 e. The van der Waals surface area contributed by atoms with Crippen LogP contribution in [0.3, 0.4) is 0 Å². The minimum atomic E-state index is -0.0382. The summed E-state index contributed by atoms with van der Waals surface area (Å²) in [5, 5.41) is 4.06. The number of carbonyl (C=O) groups is 1. The summed E-state index contributed by atoms with van der Waals surface area (Å²) < 4.78 is 0. The number of H-pyrrole nitrogens is 1. The number of nitrogens with one attached hydrogen (secondary N) is 2. The summed E-state index contributed by atoms with van der Waals surface area (Å²) in [5.74, 6) is -0.0382. The maximum atomic E-state index is 12.5. The fraction of sp³-hybridized carbons (Fsp3) is 0.455. The fourth-order valence-corrected chi connectivity index (χ4v) is 4.27. The Hall–Kier alpha value is -2.22. The molecule has 2 aromatic heterocycles. The van der Waals surface area contributed by atoms with Crippen LogP contribution in [0.15, 0.2) is 31.1 Å². The van der Waals surface area contributed by atoms with E-state index in [1.54, 1.807) is 12.3 Å². The van der Waals surface area contributed by atoms with E-state index in [-0.39, 0.29) is 5.91 Å². The van der Waals surface area contributed by atoms with Crippen LogP contribution in [0.1, 0.15) is 31.5 Å². The molecule has 3 heterocycles. The number of rotatable bonds is 9. The third-order valence-electron chi connectivity index (χ3n) is 5.31. The van der Waals surface area contributed by atoms with Crippen molar-refractivity contribution < 1.29 is 4.79 Å². The third-order valence-corrected chi connectivity index (χ3v) is 6.36. The van der Waals surface area contributed by atoms with Crippen molar-refractivity contribution in [1.82, 2.24) is 25.1 Å². The Morgan fingerprint density at radius 3 is 2.90 bits per heavy atom. The lowest BCUT2D eigenvalue weighted by Crippen LogP contribution is -2.45. The van der Waals surface area contributed by atoms with E-state index < -0.39 is 0 Å². The summed E-state index contributed by atoms with van der Waals surface area (Å²) >= 11 is 1.51. The van der Waals surface area contributed by atoms with Crippen LogP contribution in [0.5, 0.6) is 0 Å². The Kier molecular flexibility index (Phi) is 7.80. The van der Waals surface area contributed by atoms with E-state index >= 15 is 0 Å². The first-order valence-corrected chi connectivity index (χ1v) is 11.0. The highest BCUT2D eigenvalue weighted by molar-refractivity contribution is 7.13. The largest absolute Gasteiger partial charge is 0.364 e. The predicted octanol–water partition coefficient (Wildman–Crippen LogP) is 2.74. The van der Waals surface area contributed by atoms with E-state index in [0.29, 0.717) is 11.4 Å². The molecule has 29 heavy (non-hydrogen) atoms. The SMILES string of the molecule is C=C/C=C\c1c(CCNC(=O)c2cnc(CCN3CCN(C)CC3)s2)c[nH]c1C. The van der Waals surface area contributed by atoms with Crippen LogP contribution < -0.4 is 5.32 Å². The minimum Gasteiger partial charge on any atom is -0.364 e. The van der Waals surface area contributed by atoms with E-state index in [2.05, 4.69) is 38.7 Å². The number of thiazole rings is 1. The van der Waals surface area contributed by atoms with Gasteiger partial charge in [0.2, 0.25) is 0 Å². The zero-order chi connectivity index (χ0) is 20.6. The Labute approximate surface area is 177 Å². The van der Waals surface area contributed by atoms with E-state index in [1.807, 2.05) is 25.3 Å². The van der Waals surface area contributed by atoms with Gasteiger partial charge in [-0.15, -0.1) is 11.3 Å². The van der Waals surface area contributed by atoms with Gasteiger partial charge in [-0.1, -0.05) is 24.8 Å². The highest BCUT2D eigenvalue weighted by Gasteiger charge is 2.15. The van der Waals surface area contributed by atoms with Gasteiger partial charge >= 0.3 is 0 Å². The van der Waals surface area contributed by atoms with Gasteiger partial charge in [-0.3, -0.25) is 4.79 Å². The smallest absolute Gasteiger partial charge is 0.263 e. The molecule has 156 valence electrons. The number of nitrogens with zero attached hydrogens (tertiary/aromatic N) is 3. The Morgan fingerprint density at radius 2 is 2.14 bits per heavy atom. The Bertz CT molecular complexity index is 845. The number of aryl methyl sites for hydroxylation is 1. The molecule has 1 fully saturated rings. The monoisotopic (exact) mass is 413 g/mol. The second-order valence-corrected chi connectivity index (χ2v) is 8.58. The van der Waals surface area contributed by atoms with Crippen molar-refractivity contribution in [1.29, 1.82) is 0 Å². The van der Waals surface area contributed by atoms with Crippen molar-refractivity contribution in [2.24, 2.45) is 0 Å². The Morgan fingerprint density at radius 1 is 1.34 bits per heavy atom. The van der Waals surface area contributed by atoms with Crippen LogP contribution in [-0.4, -0.2) is 72.0 Å². The van der Waals surface area contributed by atoms with Gasteiger partial charge in [-0.2, -0.15) is 0 Å². The van der Waals surface area contributed by atoms with Crippen molar-refractivity contribution in [3.63, 3.8) is 0 Å². The molecule has 0 bridgehead atoms. The van der Waals surface area contributed by atoms with Crippen molar-refractivity contribution in [2.45, 2.75) is 19.8 Å². The van der Waals surface area contributed by atoms with E-state index in [1.165, 1.54) is 22.5 Å². The molecule has 1 saturated heterocycles. The molecular formula is C22H31N5OS. The molecule has 3 rings (SSSR count). The number of aromatic amines is 1.